The van der Waals surface area contributed by atoms with Gasteiger partial charge in [-0.3, -0.25) is 0 Å². The second-order valence-electron chi connectivity index (χ2n) is 6.43. The Morgan fingerprint density at radius 1 is 1.03 bits per heavy atom. The molecule has 0 saturated carbocycles. The molecule has 0 saturated heterocycles. The Morgan fingerprint density at radius 3 is 2.39 bits per heavy atom. The third kappa shape index (κ3) is 4.33. The third-order valence-corrected chi connectivity index (χ3v) is 5.91. The zero-order chi connectivity index (χ0) is 22.2. The number of rotatable bonds is 5. The monoisotopic (exact) mass is 452 g/mol. The van der Waals surface area contributed by atoms with Crippen molar-refractivity contribution >= 4 is 9.84 Å². The van der Waals surface area contributed by atoms with Crippen molar-refractivity contribution in [1.29, 1.82) is 0 Å². The molecular weight excluding hydrogens is 440 g/mol. The summed E-state index contributed by atoms with van der Waals surface area (Å²) in [6.07, 6.45) is -1.90. The van der Waals surface area contributed by atoms with Gasteiger partial charge in [-0.1, -0.05) is 17.3 Å². The van der Waals surface area contributed by atoms with Crippen molar-refractivity contribution in [3.8, 4) is 17.1 Å². The van der Waals surface area contributed by atoms with Crippen molar-refractivity contribution in [2.75, 3.05) is 0 Å². The summed E-state index contributed by atoms with van der Waals surface area (Å²) in [7, 11) is -3.94. The molecule has 7 nitrogen and oxygen atoms in total. The molecule has 0 atom stereocenters. The SMILES string of the molecule is O=S(=O)(Cc1cn(-c2ccc(-c3noc(C(F)(F)F)n3)cc2)cn1)c1ccccc1F. The van der Waals surface area contributed by atoms with E-state index in [0.29, 0.717) is 11.3 Å². The first-order valence-corrected chi connectivity index (χ1v) is 10.3. The highest BCUT2D eigenvalue weighted by molar-refractivity contribution is 7.90. The summed E-state index contributed by atoms with van der Waals surface area (Å²) < 4.78 is 82.2. The molecule has 0 spiro atoms. The van der Waals surface area contributed by atoms with E-state index in [1.54, 1.807) is 12.1 Å². The quantitative estimate of drug-likeness (QED) is 0.425. The topological polar surface area (TPSA) is 90.9 Å². The van der Waals surface area contributed by atoms with Crippen LogP contribution in [0.1, 0.15) is 11.6 Å². The number of aromatic nitrogens is 4. The summed E-state index contributed by atoms with van der Waals surface area (Å²) in [5, 5.41) is 3.31. The van der Waals surface area contributed by atoms with E-state index in [1.165, 1.54) is 47.4 Å². The van der Waals surface area contributed by atoms with E-state index in [2.05, 4.69) is 19.6 Å². The number of hydrogen-bond donors (Lipinski definition) is 0. The first-order chi connectivity index (χ1) is 14.6. The lowest BCUT2D eigenvalue weighted by Crippen LogP contribution is -2.07. The molecule has 2 aromatic heterocycles. The number of hydrogen-bond acceptors (Lipinski definition) is 6. The second-order valence-corrected chi connectivity index (χ2v) is 8.39. The van der Waals surface area contributed by atoms with Gasteiger partial charge >= 0.3 is 12.1 Å². The maximum atomic E-state index is 13.8. The third-order valence-electron chi connectivity index (χ3n) is 4.24. The van der Waals surface area contributed by atoms with Crippen molar-refractivity contribution in [2.45, 2.75) is 16.8 Å². The molecule has 4 rings (SSSR count). The standard InChI is InChI=1S/C19H12F4N4O3S/c20-15-3-1-2-4-16(15)31(28,29)10-13-9-27(11-24-13)14-7-5-12(6-8-14)17-25-18(30-26-17)19(21,22)23/h1-9,11H,10H2. The van der Waals surface area contributed by atoms with E-state index in [0.717, 1.165) is 6.07 Å². The van der Waals surface area contributed by atoms with Gasteiger partial charge in [-0.15, -0.1) is 0 Å². The van der Waals surface area contributed by atoms with Crippen LogP contribution < -0.4 is 0 Å². The van der Waals surface area contributed by atoms with Crippen LogP contribution in [0.3, 0.4) is 0 Å². The normalized spacial score (nSPS) is 12.3. The van der Waals surface area contributed by atoms with Gasteiger partial charge < -0.3 is 9.09 Å². The van der Waals surface area contributed by atoms with Gasteiger partial charge in [0.2, 0.25) is 5.82 Å². The Morgan fingerprint density at radius 2 is 1.74 bits per heavy atom. The maximum absolute atomic E-state index is 13.8. The highest BCUT2D eigenvalue weighted by Gasteiger charge is 2.38. The second kappa shape index (κ2) is 7.61. The van der Waals surface area contributed by atoms with E-state index in [9.17, 15) is 26.0 Å². The van der Waals surface area contributed by atoms with Gasteiger partial charge in [-0.2, -0.15) is 18.2 Å². The number of benzene rings is 2. The Labute approximate surface area is 172 Å². The van der Waals surface area contributed by atoms with Crippen molar-refractivity contribution in [1.82, 2.24) is 19.7 Å². The minimum Gasteiger partial charge on any atom is -0.329 e. The highest BCUT2D eigenvalue weighted by atomic mass is 32.2. The molecule has 0 fully saturated rings. The van der Waals surface area contributed by atoms with Crippen molar-refractivity contribution < 1.29 is 30.5 Å². The largest absolute Gasteiger partial charge is 0.471 e. The Balaban J connectivity index is 1.53. The molecule has 4 aromatic rings. The van der Waals surface area contributed by atoms with Gasteiger partial charge in [-0.25, -0.2) is 17.8 Å². The summed E-state index contributed by atoms with van der Waals surface area (Å²) in [5.41, 5.74) is 1.05. The smallest absolute Gasteiger partial charge is 0.329 e. The molecule has 12 heteroatoms. The number of imidazole rings is 1. The van der Waals surface area contributed by atoms with Crippen molar-refractivity contribution in [3.05, 3.63) is 78.5 Å². The molecule has 0 amide bonds. The molecule has 2 aromatic carbocycles. The molecule has 0 aliphatic carbocycles. The summed E-state index contributed by atoms with van der Waals surface area (Å²) in [6, 6.07) is 11.2. The van der Waals surface area contributed by atoms with Crippen molar-refractivity contribution in [3.63, 3.8) is 0 Å². The summed E-state index contributed by atoms with van der Waals surface area (Å²) in [6.45, 7) is 0. The van der Waals surface area contributed by atoms with E-state index in [-0.39, 0.29) is 11.5 Å². The Kier molecular flexibility index (Phi) is 5.09. The Hall–Kier alpha value is -3.54. The summed E-state index contributed by atoms with van der Waals surface area (Å²) in [5.74, 6) is -3.00. The lowest BCUT2D eigenvalue weighted by molar-refractivity contribution is -0.159. The average molecular weight is 452 g/mol. The molecule has 0 radical (unpaired) electrons. The van der Waals surface area contributed by atoms with Gasteiger partial charge in [0.1, 0.15) is 10.7 Å². The van der Waals surface area contributed by atoms with E-state index in [4.69, 9.17) is 0 Å². The zero-order valence-electron chi connectivity index (χ0n) is 15.4. The van der Waals surface area contributed by atoms with E-state index >= 15 is 0 Å². The van der Waals surface area contributed by atoms with E-state index < -0.39 is 38.4 Å². The summed E-state index contributed by atoms with van der Waals surface area (Å²) in [4.78, 5) is 6.95. The molecule has 31 heavy (non-hydrogen) atoms. The van der Waals surface area contributed by atoms with Crippen molar-refractivity contribution in [2.24, 2.45) is 0 Å². The number of sulfone groups is 1. The van der Waals surface area contributed by atoms with Gasteiger partial charge in [0.25, 0.3) is 0 Å². The minimum absolute atomic E-state index is 0.195. The maximum Gasteiger partial charge on any atom is 0.471 e. The van der Waals surface area contributed by atoms with Crippen LogP contribution in [0.25, 0.3) is 17.1 Å². The van der Waals surface area contributed by atoms with Gasteiger partial charge in [0.05, 0.1) is 17.8 Å². The van der Waals surface area contributed by atoms with Gasteiger partial charge in [0, 0.05) is 17.4 Å². The highest BCUT2D eigenvalue weighted by Crippen LogP contribution is 2.29. The fourth-order valence-electron chi connectivity index (χ4n) is 2.79. The molecular formula is C19H12F4N4O3S. The van der Waals surface area contributed by atoms with Crippen LogP contribution in [0.5, 0.6) is 0 Å². The van der Waals surface area contributed by atoms with Crippen LogP contribution in [0.2, 0.25) is 0 Å². The first-order valence-electron chi connectivity index (χ1n) is 8.65. The average Bonchev–Trinajstić information content (AvgIpc) is 3.38. The number of alkyl halides is 3. The molecule has 0 bridgehead atoms. The number of halogens is 4. The molecule has 160 valence electrons. The van der Waals surface area contributed by atoms with Gasteiger partial charge in [0.15, 0.2) is 9.84 Å². The number of nitrogens with zero attached hydrogens (tertiary/aromatic N) is 4. The lowest BCUT2D eigenvalue weighted by atomic mass is 10.2. The molecule has 2 heterocycles. The van der Waals surface area contributed by atoms with Crippen LogP contribution in [0.4, 0.5) is 17.6 Å². The van der Waals surface area contributed by atoms with Crippen LogP contribution in [-0.4, -0.2) is 28.1 Å². The van der Waals surface area contributed by atoms with Crippen LogP contribution in [-0.2, 0) is 21.8 Å². The molecule has 0 N–H and O–H groups in total. The molecule has 0 aliphatic heterocycles. The van der Waals surface area contributed by atoms with Crippen LogP contribution >= 0.6 is 0 Å². The predicted octanol–water partition coefficient (Wildman–Crippen LogP) is 4.05. The zero-order valence-corrected chi connectivity index (χ0v) is 16.2. The summed E-state index contributed by atoms with van der Waals surface area (Å²) >= 11 is 0. The minimum atomic E-state index is -4.73. The molecule has 0 unspecified atom stereocenters. The van der Waals surface area contributed by atoms with Crippen LogP contribution in [0.15, 0.2) is 70.5 Å². The van der Waals surface area contributed by atoms with E-state index in [1.807, 2.05) is 0 Å². The fourth-order valence-corrected chi connectivity index (χ4v) is 4.13. The lowest BCUT2D eigenvalue weighted by Gasteiger charge is -2.04. The van der Waals surface area contributed by atoms with Gasteiger partial charge in [-0.05, 0) is 36.4 Å². The first kappa shape index (κ1) is 20.7. The Bertz CT molecular complexity index is 1330. The van der Waals surface area contributed by atoms with Crippen LogP contribution in [0, 0.1) is 5.82 Å². The predicted molar refractivity (Wildman–Crippen MR) is 99.1 cm³/mol. The fraction of sp³-hybridized carbons (Fsp3) is 0.105. The molecule has 0 aliphatic rings.